The van der Waals surface area contributed by atoms with Crippen molar-refractivity contribution in [2.75, 3.05) is 6.61 Å². The largest absolute Gasteiger partial charge is 0.444 e. The fourth-order valence-electron chi connectivity index (χ4n) is 3.88. The number of carbonyl (C=O) groups is 4. The number of alkyl carbamates (subject to hydrolysis) is 1. The molecule has 1 aromatic carbocycles. The number of amides is 3. The highest BCUT2D eigenvalue weighted by atomic mass is 16.6. The Balaban J connectivity index is 2.23. The lowest BCUT2D eigenvalue weighted by Gasteiger charge is -2.28. The Morgan fingerprint density at radius 3 is 2.00 bits per heavy atom. The highest BCUT2D eigenvalue weighted by Crippen LogP contribution is 2.29. The van der Waals surface area contributed by atoms with Crippen LogP contribution in [-0.2, 0) is 30.3 Å². The normalized spacial score (nSPS) is 19.5. The second-order valence-electron chi connectivity index (χ2n) is 11.7. The Morgan fingerprint density at radius 2 is 1.51 bits per heavy atom. The summed E-state index contributed by atoms with van der Waals surface area (Å²) >= 11 is 0. The van der Waals surface area contributed by atoms with Crippen LogP contribution >= 0.6 is 0 Å². The summed E-state index contributed by atoms with van der Waals surface area (Å²) in [6.45, 7) is 14.8. The number of benzene rings is 1. The van der Waals surface area contributed by atoms with E-state index in [1.54, 1.807) is 41.5 Å². The van der Waals surface area contributed by atoms with Crippen molar-refractivity contribution in [2.45, 2.75) is 97.6 Å². The smallest absolute Gasteiger partial charge is 0.408 e. The molecule has 0 spiro atoms. The molecule has 206 valence electrons. The molecule has 1 fully saturated rings. The molecule has 1 aromatic rings. The monoisotopic (exact) mass is 517 g/mol. The van der Waals surface area contributed by atoms with Gasteiger partial charge in [0.15, 0.2) is 5.78 Å². The van der Waals surface area contributed by atoms with Crippen molar-refractivity contribution in [3.63, 3.8) is 0 Å². The minimum Gasteiger partial charge on any atom is -0.444 e. The van der Waals surface area contributed by atoms with Gasteiger partial charge in [-0.25, -0.2) is 4.79 Å². The molecule has 4 atom stereocenters. The van der Waals surface area contributed by atoms with Crippen molar-refractivity contribution in [2.24, 2.45) is 11.8 Å². The second-order valence-corrected chi connectivity index (χ2v) is 11.7. The molecule has 9 nitrogen and oxygen atoms in total. The molecule has 1 aliphatic heterocycles. The molecule has 37 heavy (non-hydrogen) atoms. The molecule has 0 saturated carbocycles. The molecule has 2 rings (SSSR count). The Kier molecular flexibility index (Phi) is 10.3. The van der Waals surface area contributed by atoms with Gasteiger partial charge in [-0.15, -0.1) is 0 Å². The summed E-state index contributed by atoms with van der Waals surface area (Å²) in [5, 5.41) is 8.29. The first-order chi connectivity index (χ1) is 17.1. The lowest BCUT2D eigenvalue weighted by Crippen LogP contribution is -2.58. The molecule has 0 bridgehead atoms. The second kappa shape index (κ2) is 12.5. The topological polar surface area (TPSA) is 126 Å². The number of ether oxygens (including phenoxy) is 2. The van der Waals surface area contributed by atoms with Crippen molar-refractivity contribution in [3.05, 3.63) is 35.9 Å². The Bertz CT molecular complexity index is 950. The van der Waals surface area contributed by atoms with Gasteiger partial charge in [-0.3, -0.25) is 14.4 Å². The Morgan fingerprint density at radius 1 is 0.946 bits per heavy atom. The highest BCUT2D eigenvalue weighted by Gasteiger charge is 2.50. The summed E-state index contributed by atoms with van der Waals surface area (Å²) in [4.78, 5) is 52.2. The lowest BCUT2D eigenvalue weighted by atomic mass is 9.93. The van der Waals surface area contributed by atoms with Crippen molar-refractivity contribution >= 4 is 23.7 Å². The number of Topliss-reactive ketones (excluding diaryl/α,β-unsaturated/α-hetero) is 1. The molecule has 0 radical (unpaired) electrons. The molecular formula is C28H43N3O6. The molecule has 1 aliphatic rings. The van der Waals surface area contributed by atoms with Gasteiger partial charge in [0.1, 0.15) is 23.3 Å². The first-order valence-electron chi connectivity index (χ1n) is 12.9. The summed E-state index contributed by atoms with van der Waals surface area (Å²) in [7, 11) is 0. The van der Waals surface area contributed by atoms with Crippen LogP contribution in [0.25, 0.3) is 0 Å². The third kappa shape index (κ3) is 9.80. The van der Waals surface area contributed by atoms with E-state index >= 15 is 0 Å². The first-order valence-corrected chi connectivity index (χ1v) is 12.9. The van der Waals surface area contributed by atoms with Gasteiger partial charge in [0.25, 0.3) is 0 Å². The van der Waals surface area contributed by atoms with Crippen LogP contribution in [0.5, 0.6) is 0 Å². The number of rotatable bonds is 12. The molecule has 0 aliphatic carbocycles. The summed E-state index contributed by atoms with van der Waals surface area (Å²) in [6.07, 6.45) is -0.0539. The standard InChI is InChI=1S/C28H43N3O6/c1-17(2)14-20(23(32)28(8)16-36-28)29-24(33)21(15-19-12-10-9-11-13-19)30-25(34)22(18(3)4)31-26(35)37-27(5,6)7/h9-13,17-18,20-22H,14-16H2,1-8H3,(H,29,33)(H,30,34)(H,31,35)/t20-,21-,22-,28+/m0/s1. The molecule has 0 aromatic heterocycles. The fourth-order valence-corrected chi connectivity index (χ4v) is 3.88. The van der Waals surface area contributed by atoms with Crippen LogP contribution in [-0.4, -0.2) is 59.6 Å². The van der Waals surface area contributed by atoms with Crippen LogP contribution in [0.1, 0.15) is 67.4 Å². The van der Waals surface area contributed by atoms with Crippen LogP contribution in [0.3, 0.4) is 0 Å². The Hall–Kier alpha value is -2.94. The minimum atomic E-state index is -0.966. The van der Waals surface area contributed by atoms with Gasteiger partial charge in [0.2, 0.25) is 11.8 Å². The highest BCUT2D eigenvalue weighted by molar-refractivity contribution is 5.98. The average molecular weight is 518 g/mol. The maximum absolute atomic E-state index is 13.5. The molecule has 1 heterocycles. The predicted molar refractivity (Wildman–Crippen MR) is 141 cm³/mol. The summed E-state index contributed by atoms with van der Waals surface area (Å²) in [5.74, 6) is -1.27. The van der Waals surface area contributed by atoms with Gasteiger partial charge < -0.3 is 25.4 Å². The van der Waals surface area contributed by atoms with Crippen LogP contribution < -0.4 is 16.0 Å². The number of nitrogens with one attached hydrogen (secondary N) is 3. The molecule has 9 heteroatoms. The lowest BCUT2D eigenvalue weighted by molar-refractivity contribution is -0.133. The van der Waals surface area contributed by atoms with Gasteiger partial charge in [0, 0.05) is 6.42 Å². The number of hydrogen-bond donors (Lipinski definition) is 3. The molecule has 3 N–H and O–H groups in total. The van der Waals surface area contributed by atoms with E-state index in [2.05, 4.69) is 16.0 Å². The van der Waals surface area contributed by atoms with Gasteiger partial charge in [-0.2, -0.15) is 0 Å². The summed E-state index contributed by atoms with van der Waals surface area (Å²) < 4.78 is 10.6. The van der Waals surface area contributed by atoms with Crippen LogP contribution in [0.2, 0.25) is 0 Å². The quantitative estimate of drug-likeness (QED) is 0.366. The van der Waals surface area contributed by atoms with E-state index in [0.29, 0.717) is 13.0 Å². The average Bonchev–Trinajstić information content (AvgIpc) is 3.53. The van der Waals surface area contributed by atoms with E-state index in [1.807, 2.05) is 44.2 Å². The van der Waals surface area contributed by atoms with E-state index in [9.17, 15) is 19.2 Å². The summed E-state index contributed by atoms with van der Waals surface area (Å²) in [6, 6.07) is 6.66. The Labute approximate surface area is 220 Å². The van der Waals surface area contributed by atoms with E-state index in [4.69, 9.17) is 9.47 Å². The molecular weight excluding hydrogens is 474 g/mol. The van der Waals surface area contributed by atoms with Crippen LogP contribution in [0.15, 0.2) is 30.3 Å². The van der Waals surface area contributed by atoms with E-state index in [1.165, 1.54) is 0 Å². The number of epoxide rings is 1. The molecule has 0 unspecified atom stereocenters. The molecule has 3 amide bonds. The van der Waals surface area contributed by atoms with E-state index < -0.39 is 47.2 Å². The van der Waals surface area contributed by atoms with Crippen LogP contribution in [0.4, 0.5) is 4.79 Å². The van der Waals surface area contributed by atoms with E-state index in [0.717, 1.165) is 5.56 Å². The minimum absolute atomic E-state index is 0.155. The predicted octanol–water partition coefficient (Wildman–Crippen LogP) is 3.15. The zero-order chi connectivity index (χ0) is 28.0. The third-order valence-corrected chi connectivity index (χ3v) is 5.98. The number of carbonyl (C=O) groups excluding carboxylic acids is 4. The van der Waals surface area contributed by atoms with Gasteiger partial charge >= 0.3 is 6.09 Å². The summed E-state index contributed by atoms with van der Waals surface area (Å²) in [5.41, 5.74) is -0.767. The van der Waals surface area contributed by atoms with Crippen molar-refractivity contribution < 1.29 is 28.7 Å². The van der Waals surface area contributed by atoms with Crippen molar-refractivity contribution in [1.29, 1.82) is 0 Å². The molecule has 1 saturated heterocycles. The maximum Gasteiger partial charge on any atom is 0.408 e. The van der Waals surface area contributed by atoms with Crippen molar-refractivity contribution in [1.82, 2.24) is 16.0 Å². The van der Waals surface area contributed by atoms with Gasteiger partial charge in [-0.05, 0) is 51.5 Å². The first kappa shape index (κ1) is 30.3. The van der Waals surface area contributed by atoms with Crippen LogP contribution in [0, 0.1) is 11.8 Å². The zero-order valence-electron chi connectivity index (χ0n) is 23.3. The third-order valence-electron chi connectivity index (χ3n) is 5.98. The fraction of sp³-hybridized carbons (Fsp3) is 0.643. The maximum atomic E-state index is 13.5. The van der Waals surface area contributed by atoms with E-state index in [-0.39, 0.29) is 24.0 Å². The number of ketones is 1. The zero-order valence-corrected chi connectivity index (χ0v) is 23.3. The number of hydrogen-bond acceptors (Lipinski definition) is 6. The van der Waals surface area contributed by atoms with Gasteiger partial charge in [0.05, 0.1) is 12.6 Å². The van der Waals surface area contributed by atoms with Crippen molar-refractivity contribution in [3.8, 4) is 0 Å². The SMILES string of the molecule is CC(C)C[C@H](NC(=O)[C@H](Cc1ccccc1)NC(=O)[C@@H](NC(=O)OC(C)(C)C)C(C)C)C(=O)[C@@]1(C)CO1. The van der Waals surface area contributed by atoms with Gasteiger partial charge in [-0.1, -0.05) is 58.0 Å².